The maximum Gasteiger partial charge on any atom is 0.250 e. The number of nitrogen functional groups attached to an aromatic ring is 1. The van der Waals surface area contributed by atoms with Crippen LogP contribution in [-0.4, -0.2) is 15.7 Å². The van der Waals surface area contributed by atoms with E-state index in [9.17, 15) is 4.79 Å². The van der Waals surface area contributed by atoms with E-state index < -0.39 is 5.91 Å². The van der Waals surface area contributed by atoms with Gasteiger partial charge in [-0.3, -0.25) is 9.48 Å². The first-order valence-corrected chi connectivity index (χ1v) is 5.59. The van der Waals surface area contributed by atoms with E-state index in [0.717, 1.165) is 12.2 Å². The van der Waals surface area contributed by atoms with Gasteiger partial charge in [-0.2, -0.15) is 5.10 Å². The number of benzene rings is 1. The van der Waals surface area contributed by atoms with Crippen molar-refractivity contribution < 1.29 is 4.79 Å². The first-order valence-electron chi connectivity index (χ1n) is 5.59. The number of nitrogens with one attached hydrogen (secondary N) is 1. The minimum absolute atomic E-state index is 0.360. The van der Waals surface area contributed by atoms with Crippen LogP contribution in [0.3, 0.4) is 0 Å². The number of hydrogen-bond donors (Lipinski definition) is 3. The van der Waals surface area contributed by atoms with Gasteiger partial charge < -0.3 is 16.8 Å². The van der Waals surface area contributed by atoms with Crippen molar-refractivity contribution in [2.75, 3.05) is 11.1 Å². The largest absolute Gasteiger partial charge is 0.397 e. The topological polar surface area (TPSA) is 99.0 Å². The quantitative estimate of drug-likeness (QED) is 0.707. The van der Waals surface area contributed by atoms with Crippen molar-refractivity contribution in [2.45, 2.75) is 13.5 Å². The number of primary amides is 1. The molecule has 0 aliphatic rings. The van der Waals surface area contributed by atoms with E-state index in [1.54, 1.807) is 29.1 Å². The second kappa shape index (κ2) is 4.79. The van der Waals surface area contributed by atoms with Gasteiger partial charge in [0.25, 0.3) is 5.91 Å². The van der Waals surface area contributed by atoms with Gasteiger partial charge in [-0.15, -0.1) is 0 Å². The highest BCUT2D eigenvalue weighted by molar-refractivity contribution is 6.02. The van der Waals surface area contributed by atoms with E-state index in [2.05, 4.69) is 10.4 Å². The van der Waals surface area contributed by atoms with E-state index >= 15 is 0 Å². The van der Waals surface area contributed by atoms with Gasteiger partial charge in [0.2, 0.25) is 0 Å². The summed E-state index contributed by atoms with van der Waals surface area (Å²) < 4.78 is 1.77. The first kappa shape index (κ1) is 12.0. The van der Waals surface area contributed by atoms with Crippen molar-refractivity contribution in [1.29, 1.82) is 0 Å². The first-order chi connectivity index (χ1) is 8.61. The van der Waals surface area contributed by atoms with Crippen molar-refractivity contribution >= 4 is 23.0 Å². The molecule has 0 atom stereocenters. The Balaban J connectivity index is 2.36. The lowest BCUT2D eigenvalue weighted by molar-refractivity contribution is 0.100. The molecule has 1 amide bonds. The molecule has 2 rings (SSSR count). The van der Waals surface area contributed by atoms with Crippen molar-refractivity contribution in [1.82, 2.24) is 9.78 Å². The van der Waals surface area contributed by atoms with Crippen LogP contribution in [0, 0.1) is 0 Å². The van der Waals surface area contributed by atoms with E-state index in [0.29, 0.717) is 16.9 Å². The SMILES string of the molecule is CCn1cc(Nc2c(N)cccc2C(N)=O)cn1. The molecular weight excluding hydrogens is 230 g/mol. The Kier molecular flexibility index (Phi) is 3.18. The highest BCUT2D eigenvalue weighted by Crippen LogP contribution is 2.26. The van der Waals surface area contributed by atoms with Crippen LogP contribution < -0.4 is 16.8 Å². The van der Waals surface area contributed by atoms with Gasteiger partial charge >= 0.3 is 0 Å². The molecule has 0 radical (unpaired) electrons. The standard InChI is InChI=1S/C12H15N5O/c1-2-17-7-8(6-15-17)16-11-9(12(14)18)4-3-5-10(11)13/h3-7,16H,2,13H2,1H3,(H2,14,18). The third-order valence-electron chi connectivity index (χ3n) is 2.59. The normalized spacial score (nSPS) is 10.3. The molecule has 0 unspecified atom stereocenters. The Labute approximate surface area is 105 Å². The predicted molar refractivity (Wildman–Crippen MR) is 70.6 cm³/mol. The lowest BCUT2D eigenvalue weighted by Crippen LogP contribution is -2.14. The van der Waals surface area contributed by atoms with Crippen LogP contribution in [0.2, 0.25) is 0 Å². The molecule has 2 aromatic rings. The summed E-state index contributed by atoms with van der Waals surface area (Å²) in [6.45, 7) is 2.76. The molecule has 0 spiro atoms. The Morgan fingerprint density at radius 3 is 2.89 bits per heavy atom. The summed E-state index contributed by atoms with van der Waals surface area (Å²) >= 11 is 0. The zero-order chi connectivity index (χ0) is 13.1. The van der Waals surface area contributed by atoms with Crippen LogP contribution in [0.5, 0.6) is 0 Å². The van der Waals surface area contributed by atoms with Gasteiger partial charge in [-0.25, -0.2) is 0 Å². The zero-order valence-corrected chi connectivity index (χ0v) is 10.1. The van der Waals surface area contributed by atoms with Crippen molar-refractivity contribution in [2.24, 2.45) is 5.73 Å². The highest BCUT2D eigenvalue weighted by atomic mass is 16.1. The number of carbonyl (C=O) groups is 1. The number of hydrogen-bond acceptors (Lipinski definition) is 4. The number of carbonyl (C=O) groups excluding carboxylic acids is 1. The van der Waals surface area contributed by atoms with Gasteiger partial charge in [0, 0.05) is 12.7 Å². The average Bonchev–Trinajstić information content (AvgIpc) is 2.79. The molecule has 1 heterocycles. The summed E-state index contributed by atoms with van der Waals surface area (Å²) in [6.07, 6.45) is 3.50. The van der Waals surface area contributed by atoms with E-state index in [1.807, 2.05) is 13.1 Å². The smallest absolute Gasteiger partial charge is 0.250 e. The number of para-hydroxylation sites is 1. The molecule has 0 aliphatic carbocycles. The Morgan fingerprint density at radius 1 is 1.50 bits per heavy atom. The maximum absolute atomic E-state index is 11.3. The van der Waals surface area contributed by atoms with Gasteiger partial charge in [0.15, 0.2) is 0 Å². The van der Waals surface area contributed by atoms with Crippen LogP contribution in [0.25, 0.3) is 0 Å². The van der Waals surface area contributed by atoms with Gasteiger partial charge in [0.05, 0.1) is 28.8 Å². The summed E-state index contributed by atoms with van der Waals surface area (Å²) in [7, 11) is 0. The van der Waals surface area contributed by atoms with E-state index in [-0.39, 0.29) is 0 Å². The fraction of sp³-hybridized carbons (Fsp3) is 0.167. The summed E-state index contributed by atoms with van der Waals surface area (Å²) in [5.41, 5.74) is 13.3. The van der Waals surface area contributed by atoms with Gasteiger partial charge in [-0.1, -0.05) is 6.07 Å². The van der Waals surface area contributed by atoms with Crippen LogP contribution >= 0.6 is 0 Å². The second-order valence-electron chi connectivity index (χ2n) is 3.84. The lowest BCUT2D eigenvalue weighted by Gasteiger charge is -2.10. The van der Waals surface area contributed by atoms with Crippen molar-refractivity contribution in [3.8, 4) is 0 Å². The van der Waals surface area contributed by atoms with Crippen LogP contribution in [0.4, 0.5) is 17.1 Å². The molecule has 18 heavy (non-hydrogen) atoms. The molecule has 1 aromatic carbocycles. The molecule has 0 saturated carbocycles. The van der Waals surface area contributed by atoms with Gasteiger partial charge in [-0.05, 0) is 19.1 Å². The summed E-state index contributed by atoms with van der Waals surface area (Å²) in [5.74, 6) is -0.521. The molecule has 0 bridgehead atoms. The molecule has 6 nitrogen and oxygen atoms in total. The zero-order valence-electron chi connectivity index (χ0n) is 10.1. The fourth-order valence-corrected chi connectivity index (χ4v) is 1.66. The summed E-state index contributed by atoms with van der Waals surface area (Å²) in [4.78, 5) is 11.3. The molecular formula is C12H15N5O. The number of aromatic nitrogens is 2. The summed E-state index contributed by atoms with van der Waals surface area (Å²) in [6, 6.07) is 5.03. The number of nitrogens with two attached hydrogens (primary N) is 2. The molecule has 5 N–H and O–H groups in total. The molecule has 6 heteroatoms. The van der Waals surface area contributed by atoms with Crippen LogP contribution in [-0.2, 0) is 6.54 Å². The highest BCUT2D eigenvalue weighted by Gasteiger charge is 2.11. The average molecular weight is 245 g/mol. The van der Waals surface area contributed by atoms with E-state index in [4.69, 9.17) is 11.5 Å². The predicted octanol–water partition coefficient (Wildman–Crippen LogP) is 1.33. The number of rotatable bonds is 4. The molecule has 1 aromatic heterocycles. The van der Waals surface area contributed by atoms with Gasteiger partial charge in [0.1, 0.15) is 0 Å². The molecule has 94 valence electrons. The summed E-state index contributed by atoms with van der Waals surface area (Å²) in [5, 5.41) is 7.20. The lowest BCUT2D eigenvalue weighted by atomic mass is 10.1. The second-order valence-corrected chi connectivity index (χ2v) is 3.84. The Hall–Kier alpha value is -2.50. The third kappa shape index (κ3) is 2.27. The number of nitrogens with zero attached hydrogens (tertiary/aromatic N) is 2. The Morgan fingerprint density at radius 2 is 2.28 bits per heavy atom. The number of anilines is 3. The fourth-order valence-electron chi connectivity index (χ4n) is 1.66. The number of aryl methyl sites for hydroxylation is 1. The van der Waals surface area contributed by atoms with Crippen molar-refractivity contribution in [3.63, 3.8) is 0 Å². The molecule has 0 aliphatic heterocycles. The minimum atomic E-state index is -0.521. The Bertz CT molecular complexity index is 576. The molecule has 0 fully saturated rings. The number of amides is 1. The molecule has 0 saturated heterocycles. The van der Waals surface area contributed by atoms with Crippen LogP contribution in [0.15, 0.2) is 30.6 Å². The minimum Gasteiger partial charge on any atom is -0.397 e. The third-order valence-corrected chi connectivity index (χ3v) is 2.59. The van der Waals surface area contributed by atoms with E-state index in [1.165, 1.54) is 0 Å². The maximum atomic E-state index is 11.3. The van der Waals surface area contributed by atoms with Crippen molar-refractivity contribution in [3.05, 3.63) is 36.2 Å². The van der Waals surface area contributed by atoms with Crippen LogP contribution in [0.1, 0.15) is 17.3 Å². The monoisotopic (exact) mass is 245 g/mol.